The fourth-order valence-electron chi connectivity index (χ4n) is 14.2. The van der Waals surface area contributed by atoms with Gasteiger partial charge >= 0.3 is 0 Å². The van der Waals surface area contributed by atoms with Crippen molar-refractivity contribution < 1.29 is 9.47 Å². The molecule has 2 aliphatic heterocycles. The number of benzene rings is 14. The normalized spacial score (nSPS) is 12.7. The van der Waals surface area contributed by atoms with Crippen LogP contribution in [0.3, 0.4) is 0 Å². The summed E-state index contributed by atoms with van der Waals surface area (Å²) in [5, 5.41) is 11.9. The molecule has 0 saturated carbocycles. The first-order valence-corrected chi connectivity index (χ1v) is 28.5. The third-order valence-corrected chi connectivity index (χ3v) is 17.9. The van der Waals surface area contributed by atoms with Gasteiger partial charge < -0.3 is 18.6 Å². The van der Waals surface area contributed by atoms with Crippen LogP contribution >= 0.6 is 0 Å². The Kier molecular flexibility index (Phi) is 9.00. The monoisotopic (exact) mass is 1060 g/mol. The van der Waals surface area contributed by atoms with Gasteiger partial charge in [-0.1, -0.05) is 182 Å². The molecular weight excluding hydrogens is 1010 g/mol. The van der Waals surface area contributed by atoms with Gasteiger partial charge in [-0.15, -0.1) is 0 Å². The second-order valence-electron chi connectivity index (χ2n) is 22.4. The molecule has 2 aromatic heterocycles. The number of hydrogen-bond donors (Lipinski definition) is 0. The Morgan fingerprint density at radius 3 is 1.34 bits per heavy atom. The Morgan fingerprint density at radius 1 is 0.241 bits per heavy atom. The standard InChI is InChI=1S/C78H45N3O2/c1-2-14-46(15-3-1)51-28-33-69-65(37-51)66-39-53(30-35-70(66)79(69)55-21-12-20-54(36-55)57-31-32-63-59-23-9-8-22-58(59)62-26-13-25-61(57)77(62)63)52-29-34-68-64(38-52)60-24-10-11-27-67(60)80(68)56-44-75-78-76(45-56)83-74-43-50-19-7-5-17-48(50)41-72(74)81(78)71-40-47-16-4-6-18-49(47)42-73(71)82-75/h1-45H. The molecule has 5 heteroatoms. The summed E-state index contributed by atoms with van der Waals surface area (Å²) in [5.41, 5.74) is 21.8. The van der Waals surface area contributed by atoms with E-state index in [4.69, 9.17) is 9.47 Å². The maximum atomic E-state index is 7.03. The molecule has 3 aliphatic rings. The number of nitrogens with zero attached hydrogens (tertiary/aromatic N) is 3. The number of rotatable bonds is 5. The summed E-state index contributed by atoms with van der Waals surface area (Å²) in [7, 11) is 0. The third-order valence-electron chi connectivity index (χ3n) is 17.9. The molecule has 0 fully saturated rings. The number of fused-ring (bicyclic) bond motifs is 15. The summed E-state index contributed by atoms with van der Waals surface area (Å²) in [4.78, 5) is 2.34. The maximum absolute atomic E-state index is 7.03. The van der Waals surface area contributed by atoms with Crippen molar-refractivity contribution in [2.45, 2.75) is 0 Å². The lowest BCUT2D eigenvalue weighted by atomic mass is 9.94. The fraction of sp³-hybridized carbons (Fsp3) is 0. The van der Waals surface area contributed by atoms with E-state index in [1.807, 2.05) is 0 Å². The SMILES string of the molecule is c1ccc(-c2ccc3c(c2)c2cc(-c4ccc5c(c4)c4ccccc4n5-c4cc5c6c(c4)Oc4cc7ccccc7cc4N6c4cc6ccccc6cc4O5)ccc2n3-c2cccc(-c3ccc4c5c(cccc35)-c3ccccc3-4)c2)cc1. The van der Waals surface area contributed by atoms with Crippen molar-refractivity contribution in [2.75, 3.05) is 4.90 Å². The van der Waals surface area contributed by atoms with Crippen LogP contribution in [0.25, 0.3) is 143 Å². The van der Waals surface area contributed by atoms with Gasteiger partial charge in [-0.3, -0.25) is 4.90 Å². The molecule has 16 aromatic rings. The second kappa shape index (κ2) is 16.7. The molecule has 19 rings (SSSR count). The molecule has 5 nitrogen and oxygen atoms in total. The minimum atomic E-state index is 0.740. The third kappa shape index (κ3) is 6.41. The van der Waals surface area contributed by atoms with Crippen LogP contribution in [0.5, 0.6) is 23.0 Å². The molecule has 14 aromatic carbocycles. The summed E-state index contributed by atoms with van der Waals surface area (Å²) in [6.07, 6.45) is 0. The highest BCUT2D eigenvalue weighted by molar-refractivity contribution is 6.19. The summed E-state index contributed by atoms with van der Waals surface area (Å²) in [6.45, 7) is 0. The number of hydrogen-bond acceptors (Lipinski definition) is 3. The van der Waals surface area contributed by atoms with Gasteiger partial charge in [-0.2, -0.15) is 0 Å². The van der Waals surface area contributed by atoms with Crippen molar-refractivity contribution >= 4 is 93.0 Å². The second-order valence-corrected chi connectivity index (χ2v) is 22.4. The summed E-state index contributed by atoms with van der Waals surface area (Å²) in [6, 6.07) is 100.0. The Hall–Kier alpha value is -11.1. The van der Waals surface area contributed by atoms with E-state index in [2.05, 4.69) is 287 Å². The predicted molar refractivity (Wildman–Crippen MR) is 343 cm³/mol. The van der Waals surface area contributed by atoms with Crippen molar-refractivity contribution in [2.24, 2.45) is 0 Å². The van der Waals surface area contributed by atoms with E-state index in [1.165, 1.54) is 76.8 Å². The quantitative estimate of drug-likeness (QED) is 0.172. The lowest BCUT2D eigenvalue weighted by Gasteiger charge is -2.38. The Bertz CT molecular complexity index is 5390. The van der Waals surface area contributed by atoms with Gasteiger partial charge in [0.1, 0.15) is 5.69 Å². The smallest absolute Gasteiger partial charge is 0.157 e. The number of anilines is 3. The van der Waals surface area contributed by atoms with Gasteiger partial charge in [-0.25, -0.2) is 0 Å². The molecule has 0 atom stereocenters. The summed E-state index contributed by atoms with van der Waals surface area (Å²) in [5.74, 6) is 3.08. The molecule has 0 bridgehead atoms. The average molecular weight is 1060 g/mol. The molecular formula is C78H45N3O2. The highest BCUT2D eigenvalue weighted by atomic mass is 16.5. The van der Waals surface area contributed by atoms with Gasteiger partial charge in [-0.05, 0) is 167 Å². The van der Waals surface area contributed by atoms with Gasteiger partial charge in [0.05, 0.1) is 39.1 Å². The first-order valence-electron chi connectivity index (χ1n) is 28.5. The van der Waals surface area contributed by atoms with Crippen LogP contribution in [0, 0.1) is 0 Å². The zero-order valence-corrected chi connectivity index (χ0v) is 44.6. The first-order chi connectivity index (χ1) is 41.1. The molecule has 0 N–H and O–H groups in total. The van der Waals surface area contributed by atoms with Gasteiger partial charge in [0.2, 0.25) is 0 Å². The van der Waals surface area contributed by atoms with Crippen molar-refractivity contribution in [3.05, 3.63) is 273 Å². The molecule has 384 valence electrons. The minimum Gasteiger partial charge on any atom is -0.453 e. The average Bonchev–Trinajstić information content (AvgIpc) is 4.20. The topological polar surface area (TPSA) is 31.6 Å². The zero-order valence-electron chi connectivity index (χ0n) is 44.6. The number of ether oxygens (including phenoxy) is 2. The predicted octanol–water partition coefficient (Wildman–Crippen LogP) is 21.7. The van der Waals surface area contributed by atoms with Crippen molar-refractivity contribution in [1.82, 2.24) is 9.13 Å². The van der Waals surface area contributed by atoms with E-state index in [0.717, 1.165) is 106 Å². The van der Waals surface area contributed by atoms with Crippen LogP contribution in [0.15, 0.2) is 273 Å². The molecule has 0 radical (unpaired) electrons. The molecule has 0 saturated heterocycles. The zero-order chi connectivity index (χ0) is 54.0. The van der Waals surface area contributed by atoms with E-state index in [0.29, 0.717) is 0 Å². The minimum absolute atomic E-state index is 0.740. The molecule has 0 spiro atoms. The lowest BCUT2D eigenvalue weighted by molar-refractivity contribution is 0.446. The summed E-state index contributed by atoms with van der Waals surface area (Å²) >= 11 is 0. The van der Waals surface area contributed by atoms with Crippen LogP contribution in [-0.2, 0) is 0 Å². The van der Waals surface area contributed by atoms with E-state index >= 15 is 0 Å². The largest absolute Gasteiger partial charge is 0.453 e. The van der Waals surface area contributed by atoms with Crippen LogP contribution in [0.4, 0.5) is 17.1 Å². The molecule has 0 unspecified atom stereocenters. The van der Waals surface area contributed by atoms with Gasteiger partial charge in [0.25, 0.3) is 0 Å². The number of para-hydroxylation sites is 1. The molecule has 4 heterocycles. The molecule has 83 heavy (non-hydrogen) atoms. The maximum Gasteiger partial charge on any atom is 0.157 e. The van der Waals surface area contributed by atoms with Crippen LogP contribution in [-0.4, -0.2) is 9.13 Å². The Morgan fingerprint density at radius 2 is 0.699 bits per heavy atom. The van der Waals surface area contributed by atoms with Crippen molar-refractivity contribution in [3.63, 3.8) is 0 Å². The van der Waals surface area contributed by atoms with Crippen molar-refractivity contribution in [3.8, 4) is 90.0 Å². The highest BCUT2D eigenvalue weighted by Crippen LogP contribution is 2.62. The lowest BCUT2D eigenvalue weighted by Crippen LogP contribution is -2.20. The van der Waals surface area contributed by atoms with Gasteiger partial charge in [0.15, 0.2) is 23.0 Å². The number of aromatic nitrogens is 2. The summed E-state index contributed by atoms with van der Waals surface area (Å²) < 4.78 is 18.9. The van der Waals surface area contributed by atoms with Gasteiger partial charge in [0, 0.05) is 39.4 Å². The Balaban J connectivity index is 0.761. The van der Waals surface area contributed by atoms with E-state index in [9.17, 15) is 0 Å². The van der Waals surface area contributed by atoms with E-state index < -0.39 is 0 Å². The highest BCUT2D eigenvalue weighted by Gasteiger charge is 2.36. The Labute approximate surface area is 476 Å². The fourth-order valence-corrected chi connectivity index (χ4v) is 14.2. The van der Waals surface area contributed by atoms with Crippen LogP contribution in [0.2, 0.25) is 0 Å². The van der Waals surface area contributed by atoms with E-state index in [1.54, 1.807) is 0 Å². The first kappa shape index (κ1) is 44.7. The van der Waals surface area contributed by atoms with Crippen molar-refractivity contribution in [1.29, 1.82) is 0 Å². The molecule has 1 aliphatic carbocycles. The van der Waals surface area contributed by atoms with E-state index in [-0.39, 0.29) is 0 Å². The van der Waals surface area contributed by atoms with Crippen LogP contribution < -0.4 is 14.4 Å². The molecule has 0 amide bonds. The van der Waals surface area contributed by atoms with Crippen LogP contribution in [0.1, 0.15) is 0 Å².